The van der Waals surface area contributed by atoms with Crippen LogP contribution >= 0.6 is 11.3 Å². The zero-order valence-electron chi connectivity index (χ0n) is 17.7. The first kappa shape index (κ1) is 22.6. The maximum atomic E-state index is 13.3. The SMILES string of the molecule is C[C@H](NC(=O)c1c(NC(=O)c2ccc(F)cc2)sc2c1CCOC2)c1ccc(C(=O)O)cc1. The minimum Gasteiger partial charge on any atom is -0.478 e. The summed E-state index contributed by atoms with van der Waals surface area (Å²) in [6, 6.07) is 11.0. The Bertz CT molecular complexity index is 1200. The predicted molar refractivity (Wildman–Crippen MR) is 121 cm³/mol. The number of ether oxygens (including phenoxy) is 1. The van der Waals surface area contributed by atoms with Crippen molar-refractivity contribution in [1.29, 1.82) is 0 Å². The molecule has 0 aliphatic carbocycles. The fourth-order valence-electron chi connectivity index (χ4n) is 3.60. The van der Waals surface area contributed by atoms with Crippen LogP contribution in [0.15, 0.2) is 48.5 Å². The van der Waals surface area contributed by atoms with E-state index in [1.807, 2.05) is 0 Å². The van der Waals surface area contributed by atoms with E-state index in [1.54, 1.807) is 19.1 Å². The van der Waals surface area contributed by atoms with E-state index >= 15 is 0 Å². The van der Waals surface area contributed by atoms with Crippen molar-refractivity contribution in [2.75, 3.05) is 11.9 Å². The summed E-state index contributed by atoms with van der Waals surface area (Å²) < 4.78 is 18.7. The number of carboxylic acid groups (broad SMARTS) is 1. The van der Waals surface area contributed by atoms with Crippen molar-refractivity contribution >= 4 is 34.1 Å². The summed E-state index contributed by atoms with van der Waals surface area (Å²) in [6.45, 7) is 2.63. The average molecular weight is 469 g/mol. The average Bonchev–Trinajstić information content (AvgIpc) is 3.17. The summed E-state index contributed by atoms with van der Waals surface area (Å²) in [7, 11) is 0. The van der Waals surface area contributed by atoms with E-state index in [0.717, 1.165) is 16.0 Å². The number of thiophene rings is 1. The largest absolute Gasteiger partial charge is 0.478 e. The Morgan fingerprint density at radius 2 is 1.70 bits per heavy atom. The third kappa shape index (κ3) is 4.94. The van der Waals surface area contributed by atoms with Crippen LogP contribution in [0.5, 0.6) is 0 Å². The Morgan fingerprint density at radius 3 is 2.36 bits per heavy atom. The summed E-state index contributed by atoms with van der Waals surface area (Å²) in [4.78, 5) is 37.9. The highest BCUT2D eigenvalue weighted by molar-refractivity contribution is 7.17. The molecule has 7 nitrogen and oxygen atoms in total. The van der Waals surface area contributed by atoms with Gasteiger partial charge in [0.05, 0.1) is 30.4 Å². The van der Waals surface area contributed by atoms with Crippen LogP contribution in [0.25, 0.3) is 0 Å². The zero-order valence-corrected chi connectivity index (χ0v) is 18.5. The van der Waals surface area contributed by atoms with Gasteiger partial charge in [-0.1, -0.05) is 12.1 Å². The van der Waals surface area contributed by atoms with Crippen LogP contribution < -0.4 is 10.6 Å². The molecule has 0 saturated heterocycles. The second-order valence-electron chi connectivity index (χ2n) is 7.59. The summed E-state index contributed by atoms with van der Waals surface area (Å²) in [5.74, 6) is -2.26. The predicted octanol–water partition coefficient (Wildman–Crippen LogP) is 4.40. The van der Waals surface area contributed by atoms with Crippen LogP contribution in [0.3, 0.4) is 0 Å². The lowest BCUT2D eigenvalue weighted by atomic mass is 10.0. The first-order chi connectivity index (χ1) is 15.8. The zero-order chi connectivity index (χ0) is 23.5. The van der Waals surface area contributed by atoms with Crippen LogP contribution in [0.2, 0.25) is 0 Å². The third-order valence-electron chi connectivity index (χ3n) is 5.39. The Labute approximate surface area is 193 Å². The van der Waals surface area contributed by atoms with Crippen molar-refractivity contribution < 1.29 is 28.6 Å². The molecular weight excluding hydrogens is 447 g/mol. The van der Waals surface area contributed by atoms with Gasteiger partial charge in [-0.2, -0.15) is 0 Å². The maximum Gasteiger partial charge on any atom is 0.335 e. The van der Waals surface area contributed by atoms with Crippen molar-refractivity contribution in [1.82, 2.24) is 5.32 Å². The fourth-order valence-corrected chi connectivity index (χ4v) is 4.78. The quantitative estimate of drug-likeness (QED) is 0.497. The van der Waals surface area contributed by atoms with Gasteiger partial charge in [0.15, 0.2) is 0 Å². The minimum absolute atomic E-state index is 0.162. The van der Waals surface area contributed by atoms with E-state index in [2.05, 4.69) is 10.6 Å². The standard InChI is InChI=1S/C24H21FN2O5S/c1-13(14-2-4-16(5-3-14)24(30)31)26-22(29)20-18-10-11-32-12-19(18)33-23(20)27-21(28)15-6-8-17(25)9-7-15/h2-9,13H,10-12H2,1H3,(H,26,29)(H,27,28)(H,30,31)/t13-/m0/s1. The van der Waals surface area contributed by atoms with Crippen LogP contribution in [-0.2, 0) is 17.8 Å². The molecule has 2 aromatic carbocycles. The number of nitrogens with one attached hydrogen (secondary N) is 2. The first-order valence-electron chi connectivity index (χ1n) is 10.3. The Morgan fingerprint density at radius 1 is 1.03 bits per heavy atom. The molecular formula is C24H21FN2O5S. The van der Waals surface area contributed by atoms with E-state index in [9.17, 15) is 18.8 Å². The summed E-state index contributed by atoms with van der Waals surface area (Å²) in [5, 5.41) is 15.2. The molecule has 170 valence electrons. The van der Waals surface area contributed by atoms with E-state index in [4.69, 9.17) is 9.84 Å². The van der Waals surface area contributed by atoms with Gasteiger partial charge in [-0.3, -0.25) is 9.59 Å². The number of rotatable bonds is 6. The smallest absolute Gasteiger partial charge is 0.335 e. The lowest BCUT2D eigenvalue weighted by Gasteiger charge is -2.17. The molecule has 0 radical (unpaired) electrons. The van der Waals surface area contributed by atoms with Crippen molar-refractivity contribution in [3.8, 4) is 0 Å². The highest BCUT2D eigenvalue weighted by atomic mass is 32.1. The van der Waals surface area contributed by atoms with Crippen molar-refractivity contribution in [2.24, 2.45) is 0 Å². The van der Waals surface area contributed by atoms with Gasteiger partial charge in [0.25, 0.3) is 11.8 Å². The highest BCUT2D eigenvalue weighted by Gasteiger charge is 2.28. The van der Waals surface area contributed by atoms with Gasteiger partial charge in [-0.25, -0.2) is 9.18 Å². The van der Waals surface area contributed by atoms with Crippen LogP contribution in [0.4, 0.5) is 9.39 Å². The van der Waals surface area contributed by atoms with Crippen molar-refractivity contribution in [3.63, 3.8) is 0 Å². The molecule has 33 heavy (non-hydrogen) atoms. The van der Waals surface area contributed by atoms with Gasteiger partial charge in [0.1, 0.15) is 10.8 Å². The fraction of sp³-hybridized carbons (Fsp3) is 0.208. The van der Waals surface area contributed by atoms with Crippen LogP contribution in [0.1, 0.15) is 60.0 Å². The van der Waals surface area contributed by atoms with Gasteiger partial charge in [-0.15, -0.1) is 11.3 Å². The maximum absolute atomic E-state index is 13.3. The Kier molecular flexibility index (Phi) is 6.52. The van der Waals surface area contributed by atoms with E-state index < -0.39 is 23.7 Å². The molecule has 9 heteroatoms. The molecule has 0 bridgehead atoms. The topological polar surface area (TPSA) is 105 Å². The number of halogens is 1. The molecule has 1 aliphatic heterocycles. The normalized spacial score (nSPS) is 13.6. The van der Waals surface area contributed by atoms with Gasteiger partial charge in [0, 0.05) is 10.4 Å². The number of amides is 2. The van der Waals surface area contributed by atoms with Crippen molar-refractivity contribution in [3.05, 3.63) is 87.0 Å². The number of carboxylic acids is 1. The lowest BCUT2D eigenvalue weighted by Crippen LogP contribution is -2.29. The molecule has 1 aliphatic rings. The number of anilines is 1. The van der Waals surface area contributed by atoms with Crippen LogP contribution in [-0.4, -0.2) is 29.5 Å². The number of carbonyl (C=O) groups excluding carboxylic acids is 2. The van der Waals surface area contributed by atoms with Gasteiger partial charge in [0.2, 0.25) is 0 Å². The van der Waals surface area contributed by atoms with E-state index in [1.165, 1.54) is 47.7 Å². The molecule has 4 rings (SSSR count). The summed E-state index contributed by atoms with van der Waals surface area (Å²) in [6.07, 6.45) is 0.544. The molecule has 3 N–H and O–H groups in total. The molecule has 0 saturated carbocycles. The van der Waals surface area contributed by atoms with E-state index in [-0.39, 0.29) is 17.0 Å². The Balaban J connectivity index is 1.58. The van der Waals surface area contributed by atoms with Crippen LogP contribution in [0, 0.1) is 5.82 Å². The Hall–Kier alpha value is -3.56. The molecule has 1 aromatic heterocycles. The molecule has 2 amide bonds. The molecule has 0 fully saturated rings. The van der Waals surface area contributed by atoms with Gasteiger partial charge < -0.3 is 20.5 Å². The monoisotopic (exact) mass is 468 g/mol. The molecule has 2 heterocycles. The number of benzene rings is 2. The summed E-state index contributed by atoms with van der Waals surface area (Å²) >= 11 is 1.29. The molecule has 0 unspecified atom stereocenters. The number of aromatic carboxylic acids is 1. The van der Waals surface area contributed by atoms with Gasteiger partial charge in [-0.05, 0) is 60.9 Å². The number of hydrogen-bond acceptors (Lipinski definition) is 5. The minimum atomic E-state index is -1.02. The number of hydrogen-bond donors (Lipinski definition) is 3. The second kappa shape index (κ2) is 9.51. The first-order valence-corrected chi connectivity index (χ1v) is 11.1. The van der Waals surface area contributed by atoms with E-state index in [0.29, 0.717) is 30.2 Å². The van der Waals surface area contributed by atoms with Crippen molar-refractivity contribution in [2.45, 2.75) is 26.0 Å². The summed E-state index contributed by atoms with van der Waals surface area (Å²) in [5.41, 5.74) is 2.42. The second-order valence-corrected chi connectivity index (χ2v) is 8.70. The third-order valence-corrected chi connectivity index (χ3v) is 6.51. The highest BCUT2D eigenvalue weighted by Crippen LogP contribution is 2.37. The molecule has 1 atom stereocenters. The molecule has 0 spiro atoms. The lowest BCUT2D eigenvalue weighted by molar-refractivity contribution is 0.0696. The van der Waals surface area contributed by atoms with Gasteiger partial charge >= 0.3 is 5.97 Å². The molecule has 3 aromatic rings. The number of carbonyl (C=O) groups is 3. The number of fused-ring (bicyclic) bond motifs is 1.